The second-order valence-corrected chi connectivity index (χ2v) is 5.87. The Morgan fingerprint density at radius 3 is 2.33 bits per heavy atom. The van der Waals surface area contributed by atoms with E-state index in [1.165, 1.54) is 12.1 Å². The molecule has 5 nitrogen and oxygen atoms in total. The van der Waals surface area contributed by atoms with Crippen LogP contribution in [0.2, 0.25) is 0 Å². The van der Waals surface area contributed by atoms with E-state index in [0.717, 1.165) is 17.5 Å². The van der Waals surface area contributed by atoms with Crippen LogP contribution in [0.1, 0.15) is 21.5 Å². The van der Waals surface area contributed by atoms with Crippen LogP contribution < -0.4 is 16.0 Å². The van der Waals surface area contributed by atoms with Gasteiger partial charge < -0.3 is 16.0 Å². The number of aryl methyl sites for hydroxylation is 1. The molecule has 0 aliphatic heterocycles. The summed E-state index contributed by atoms with van der Waals surface area (Å²) in [5.41, 5.74) is 2.69. The van der Waals surface area contributed by atoms with E-state index in [2.05, 4.69) is 20.9 Å². The van der Waals surface area contributed by atoms with Crippen LogP contribution in [0.25, 0.3) is 0 Å². The molecular formula is C20H26FIN4O. The number of nitrogens with zero attached hydrogens (tertiary/aromatic N) is 1. The summed E-state index contributed by atoms with van der Waals surface area (Å²) in [6, 6.07) is 13.9. The van der Waals surface area contributed by atoms with Gasteiger partial charge in [-0.1, -0.05) is 24.3 Å². The van der Waals surface area contributed by atoms with Crippen LogP contribution in [0.3, 0.4) is 0 Å². The lowest BCUT2D eigenvalue weighted by Crippen LogP contribution is -2.42. The molecule has 3 N–H and O–H groups in total. The number of aliphatic imine (C=N–C) groups is 1. The van der Waals surface area contributed by atoms with Gasteiger partial charge in [-0.15, -0.1) is 24.0 Å². The topological polar surface area (TPSA) is 65.5 Å². The molecule has 2 aromatic carbocycles. The van der Waals surface area contributed by atoms with Gasteiger partial charge in [0, 0.05) is 32.2 Å². The summed E-state index contributed by atoms with van der Waals surface area (Å²) in [5.74, 6) is 0.357. The standard InChI is InChI=1S/C20H25FN4O.HI/c1-15-14-18(21)9-8-16(15)10-11-24-20(22-2)25-13-12-23-19(26)17-6-4-3-5-7-17;/h3-9,14H,10-13H2,1-2H3,(H,23,26)(H2,22,24,25);1H. The van der Waals surface area contributed by atoms with E-state index in [-0.39, 0.29) is 35.7 Å². The van der Waals surface area contributed by atoms with E-state index >= 15 is 0 Å². The molecule has 0 saturated heterocycles. The van der Waals surface area contributed by atoms with Crippen LogP contribution in [0, 0.1) is 12.7 Å². The van der Waals surface area contributed by atoms with Gasteiger partial charge in [-0.3, -0.25) is 9.79 Å². The molecule has 0 aliphatic rings. The summed E-state index contributed by atoms with van der Waals surface area (Å²) in [6.07, 6.45) is 0.775. The van der Waals surface area contributed by atoms with Crippen molar-refractivity contribution in [3.63, 3.8) is 0 Å². The minimum absolute atomic E-state index is 0. The predicted octanol–water partition coefficient (Wildman–Crippen LogP) is 2.89. The minimum Gasteiger partial charge on any atom is -0.356 e. The highest BCUT2D eigenvalue weighted by Gasteiger charge is 2.04. The number of rotatable bonds is 7. The van der Waals surface area contributed by atoms with Crippen molar-refractivity contribution in [2.24, 2.45) is 4.99 Å². The second kappa shape index (κ2) is 12.3. The van der Waals surface area contributed by atoms with E-state index in [1.807, 2.05) is 31.2 Å². The minimum atomic E-state index is -0.214. The fourth-order valence-corrected chi connectivity index (χ4v) is 2.52. The first-order valence-electron chi connectivity index (χ1n) is 8.63. The van der Waals surface area contributed by atoms with Gasteiger partial charge in [0.2, 0.25) is 0 Å². The fourth-order valence-electron chi connectivity index (χ4n) is 2.52. The molecule has 0 bridgehead atoms. The van der Waals surface area contributed by atoms with Crippen molar-refractivity contribution in [3.8, 4) is 0 Å². The molecule has 0 saturated carbocycles. The van der Waals surface area contributed by atoms with Gasteiger partial charge >= 0.3 is 0 Å². The number of halogens is 2. The van der Waals surface area contributed by atoms with Gasteiger partial charge in [-0.25, -0.2) is 4.39 Å². The Morgan fingerprint density at radius 1 is 1.00 bits per heavy atom. The molecule has 0 atom stereocenters. The van der Waals surface area contributed by atoms with Gasteiger partial charge in [0.25, 0.3) is 5.91 Å². The van der Waals surface area contributed by atoms with Gasteiger partial charge in [-0.2, -0.15) is 0 Å². The number of amides is 1. The first-order valence-corrected chi connectivity index (χ1v) is 8.63. The monoisotopic (exact) mass is 484 g/mol. The zero-order valence-corrected chi connectivity index (χ0v) is 17.9. The Labute approximate surface area is 176 Å². The van der Waals surface area contributed by atoms with Gasteiger partial charge in [-0.05, 0) is 48.7 Å². The number of hydrogen-bond donors (Lipinski definition) is 3. The molecule has 1 amide bonds. The fraction of sp³-hybridized carbons (Fsp3) is 0.300. The third kappa shape index (κ3) is 7.94. The highest BCUT2D eigenvalue weighted by molar-refractivity contribution is 14.0. The lowest BCUT2D eigenvalue weighted by molar-refractivity contribution is 0.0954. The first-order chi connectivity index (χ1) is 12.6. The van der Waals surface area contributed by atoms with Crippen LogP contribution in [0.15, 0.2) is 53.5 Å². The zero-order chi connectivity index (χ0) is 18.8. The molecule has 2 rings (SSSR count). The van der Waals surface area contributed by atoms with Crippen molar-refractivity contribution in [2.45, 2.75) is 13.3 Å². The Balaban J connectivity index is 0.00000364. The first kappa shape index (κ1) is 22.9. The van der Waals surface area contributed by atoms with E-state index in [1.54, 1.807) is 19.2 Å². The van der Waals surface area contributed by atoms with E-state index in [0.29, 0.717) is 31.2 Å². The van der Waals surface area contributed by atoms with Crippen molar-refractivity contribution < 1.29 is 9.18 Å². The predicted molar refractivity (Wildman–Crippen MR) is 118 cm³/mol. The lowest BCUT2D eigenvalue weighted by Gasteiger charge is -2.13. The average molecular weight is 484 g/mol. The highest BCUT2D eigenvalue weighted by atomic mass is 127. The number of nitrogens with one attached hydrogen (secondary N) is 3. The second-order valence-electron chi connectivity index (χ2n) is 5.87. The Bertz CT molecular complexity index is 753. The van der Waals surface area contributed by atoms with Crippen molar-refractivity contribution in [1.82, 2.24) is 16.0 Å². The summed E-state index contributed by atoms with van der Waals surface area (Å²) in [5, 5.41) is 9.22. The molecule has 0 aliphatic carbocycles. The third-order valence-corrected chi connectivity index (χ3v) is 3.95. The summed E-state index contributed by atoms with van der Waals surface area (Å²) in [6.45, 7) is 3.64. The third-order valence-electron chi connectivity index (χ3n) is 3.95. The van der Waals surface area contributed by atoms with Crippen LogP contribution in [0.4, 0.5) is 4.39 Å². The van der Waals surface area contributed by atoms with Crippen molar-refractivity contribution in [2.75, 3.05) is 26.7 Å². The molecule has 0 unspecified atom stereocenters. The smallest absolute Gasteiger partial charge is 0.251 e. The number of carbonyl (C=O) groups is 1. The average Bonchev–Trinajstić information content (AvgIpc) is 2.65. The van der Waals surface area contributed by atoms with Crippen molar-refractivity contribution in [3.05, 3.63) is 71.0 Å². The number of guanidine groups is 1. The maximum Gasteiger partial charge on any atom is 0.251 e. The molecule has 0 heterocycles. The largest absolute Gasteiger partial charge is 0.356 e. The van der Waals surface area contributed by atoms with Crippen LogP contribution in [0.5, 0.6) is 0 Å². The summed E-state index contributed by atoms with van der Waals surface area (Å²) >= 11 is 0. The maximum atomic E-state index is 13.1. The highest BCUT2D eigenvalue weighted by Crippen LogP contribution is 2.10. The van der Waals surface area contributed by atoms with E-state index in [4.69, 9.17) is 0 Å². The van der Waals surface area contributed by atoms with Crippen molar-refractivity contribution in [1.29, 1.82) is 0 Å². The number of carbonyl (C=O) groups excluding carboxylic acids is 1. The molecule has 0 fully saturated rings. The molecule has 2 aromatic rings. The lowest BCUT2D eigenvalue weighted by atomic mass is 10.1. The summed E-state index contributed by atoms with van der Waals surface area (Å²) in [7, 11) is 1.70. The molecule has 0 radical (unpaired) electrons. The molecular weight excluding hydrogens is 458 g/mol. The van der Waals surface area contributed by atoms with Gasteiger partial charge in [0.05, 0.1) is 0 Å². The molecule has 0 spiro atoms. The molecule has 146 valence electrons. The Morgan fingerprint density at radius 2 is 1.67 bits per heavy atom. The van der Waals surface area contributed by atoms with E-state index < -0.39 is 0 Å². The van der Waals surface area contributed by atoms with Gasteiger partial charge in [0.15, 0.2) is 5.96 Å². The van der Waals surface area contributed by atoms with Crippen molar-refractivity contribution >= 4 is 35.8 Å². The molecule has 7 heteroatoms. The van der Waals surface area contributed by atoms with Crippen LogP contribution >= 0.6 is 24.0 Å². The Hall–Kier alpha value is -2.16. The van der Waals surface area contributed by atoms with Crippen LogP contribution in [-0.2, 0) is 6.42 Å². The normalized spacial score (nSPS) is 10.7. The van der Waals surface area contributed by atoms with Crippen LogP contribution in [-0.4, -0.2) is 38.5 Å². The quantitative estimate of drug-likeness (QED) is 0.245. The summed E-state index contributed by atoms with van der Waals surface area (Å²) in [4.78, 5) is 16.1. The number of hydrogen-bond acceptors (Lipinski definition) is 2. The zero-order valence-electron chi connectivity index (χ0n) is 15.6. The Kier molecular flexibility index (Phi) is 10.4. The molecule has 0 aromatic heterocycles. The summed E-state index contributed by atoms with van der Waals surface area (Å²) < 4.78 is 13.1. The maximum absolute atomic E-state index is 13.1. The SMILES string of the molecule is CN=C(NCCNC(=O)c1ccccc1)NCCc1ccc(F)cc1C.I. The number of benzene rings is 2. The molecule has 27 heavy (non-hydrogen) atoms. The van der Waals surface area contributed by atoms with Gasteiger partial charge in [0.1, 0.15) is 5.82 Å². The van der Waals surface area contributed by atoms with E-state index in [9.17, 15) is 9.18 Å².